The molecule has 0 bridgehead atoms. The van der Waals surface area contributed by atoms with Crippen LogP contribution >= 0.6 is 0 Å². The van der Waals surface area contributed by atoms with Gasteiger partial charge >= 0.3 is 0 Å². The Morgan fingerprint density at radius 1 is 0.0211 bits per heavy atom. The molecule has 0 aromatic heterocycles. The summed E-state index contributed by atoms with van der Waals surface area (Å²) in [5.41, 5.74) is 0. The van der Waals surface area contributed by atoms with Crippen LogP contribution in [0.25, 0.3) is 0 Å². The van der Waals surface area contributed by atoms with Crippen molar-refractivity contribution in [3.63, 3.8) is 0 Å². The average Bonchev–Trinajstić information content (AvgIpc) is 0. The Balaban J connectivity index is 0. The summed E-state index contributed by atoms with van der Waals surface area (Å²) in [4.78, 5) is 0. The second kappa shape index (κ2) is 2760. The van der Waals surface area contributed by atoms with E-state index in [1.54, 1.807) is 0 Å². The van der Waals surface area contributed by atoms with Gasteiger partial charge in [-0.05, 0) is 0 Å². The zero-order valence-corrected chi connectivity index (χ0v) is 103. The third-order valence-corrected chi connectivity index (χ3v) is 0. The topological polar surface area (TPSA) is 1420 Å². The van der Waals surface area contributed by atoms with Crippen molar-refractivity contribution >= 4 is 0 Å². The van der Waals surface area contributed by atoms with E-state index in [0.717, 1.165) is 0 Å². The third-order valence-electron chi connectivity index (χ3n) is 0. The normalized spacial score (nSPS) is 0. The molecular formula is O50V45-100. The van der Waals surface area contributed by atoms with Gasteiger partial charge in [-0.1, -0.05) is 0 Å². The quantitative estimate of drug-likeness (QED) is 0.219. The molecule has 0 rings (SSSR count). The van der Waals surface area contributed by atoms with Gasteiger partial charge in [0.25, 0.3) is 0 Å². The Morgan fingerprint density at radius 2 is 0.0211 bits per heavy atom. The van der Waals surface area contributed by atoms with Gasteiger partial charge in [0.05, 0.1) is 0 Å². The molecule has 0 aliphatic heterocycles. The van der Waals surface area contributed by atoms with E-state index in [2.05, 4.69) is 0 Å². The Morgan fingerprint density at radius 3 is 0.0211 bits per heavy atom. The molecule has 625 valence electrons. The minimum atomic E-state index is 0. The average molecular weight is 3090 g/mol. The Hall–Kier alpha value is 24.3. The molecule has 0 amide bonds. The molecule has 0 fully saturated rings. The molecule has 0 N–H and O–H groups in total. The van der Waals surface area contributed by atoms with Crippen LogP contribution in [0.5, 0.6) is 0 Å². The van der Waals surface area contributed by atoms with Crippen LogP contribution in [0.4, 0.5) is 0 Å². The smallest absolute Gasteiger partial charge is 0 e. The van der Waals surface area contributed by atoms with Crippen molar-refractivity contribution in [2.24, 2.45) is 0 Å². The maximum Gasteiger partial charge on any atom is 0 e. The van der Waals surface area contributed by atoms with E-state index in [4.69, 9.17) is 0 Å². The maximum absolute atomic E-state index is 0. The summed E-state index contributed by atoms with van der Waals surface area (Å²) in [6, 6.07) is 0. The van der Waals surface area contributed by atoms with E-state index in [1.807, 2.05) is 0 Å². The van der Waals surface area contributed by atoms with E-state index in [-0.39, 0.29) is 1110 Å². The molecule has 0 heterocycles. The van der Waals surface area contributed by atoms with Crippen molar-refractivity contribution in [1.29, 1.82) is 0 Å². The van der Waals surface area contributed by atoms with E-state index < -0.39 is 0 Å². The summed E-state index contributed by atoms with van der Waals surface area (Å²) in [6.45, 7) is 0. The van der Waals surface area contributed by atoms with Crippen LogP contribution in [-0.2, 0) is 1110 Å². The first kappa shape index (κ1) is 2830. The minimum absolute atomic E-state index is 0. The summed E-state index contributed by atoms with van der Waals surface area (Å²) >= 11 is 0. The van der Waals surface area contributed by atoms with Gasteiger partial charge in [0.15, 0.2) is 0 Å². The van der Waals surface area contributed by atoms with Crippen LogP contribution in [0.2, 0.25) is 0 Å². The van der Waals surface area contributed by atoms with Gasteiger partial charge in [0.2, 0.25) is 0 Å². The fourth-order valence-electron chi connectivity index (χ4n) is 0. The van der Waals surface area contributed by atoms with Gasteiger partial charge in [-0.15, -0.1) is 0 Å². The largest absolute Gasteiger partial charge is 2.00 e. The molecule has 0 aromatic rings. The van der Waals surface area contributed by atoms with Crippen LogP contribution in [0, 0.1) is 0 Å². The Kier molecular flexibility index (Phi) is 82100. The first-order valence-corrected chi connectivity index (χ1v) is 0. The fourth-order valence-corrected chi connectivity index (χ4v) is 0. The van der Waals surface area contributed by atoms with E-state index in [9.17, 15) is 0 Å². The summed E-state index contributed by atoms with van der Waals surface area (Å²) in [7, 11) is 0. The molecule has 50 nitrogen and oxygen atoms in total. The van der Waals surface area contributed by atoms with Crippen molar-refractivity contribution in [3.05, 3.63) is 0 Å². The SMILES string of the molecule is [O-2].[O-2].[O-2].[O-2].[O-2].[O-2].[O-2].[O-2].[O-2].[O-2].[O-2].[O-2].[O-2].[O-2].[O-2].[O-2].[O-2].[O-2].[O-2].[O-2].[O-2].[O-2].[O-2].[O-2].[O-2].[O-2].[O-2].[O-2].[O-2].[O-2].[O-2].[O-2].[O-2].[O-2].[O-2].[O-2].[O-2].[O-2].[O-2].[O-2].[O-2].[O-2].[O-2].[O-2].[O-2].[O-2].[O-2].[O-2].[O-2].[O-2].[V].[V].[V].[V].[V].[V].[V].[V].[V].[V].[V].[V].[V].[V].[V].[V].[V].[V].[V].[V].[V].[V].[V].[V].[V].[V].[V].[V].[V].[V].[V].[V].[V].[V].[V].[V].[V].[V].[V].[V].[V].[V].[V].[V].[V]. The number of rotatable bonds is 0. The zero-order valence-electron chi connectivity index (χ0n) is 40.5. The molecule has 95 heavy (non-hydrogen) atoms. The summed E-state index contributed by atoms with van der Waals surface area (Å²) in [5, 5.41) is 0. The summed E-state index contributed by atoms with van der Waals surface area (Å²) in [5.74, 6) is 0. The van der Waals surface area contributed by atoms with Crippen molar-refractivity contribution < 1.29 is 1110 Å². The molecule has 0 atom stereocenters. The van der Waals surface area contributed by atoms with Gasteiger partial charge < -0.3 is 274 Å². The van der Waals surface area contributed by atoms with E-state index in [1.165, 1.54) is 0 Å². The summed E-state index contributed by atoms with van der Waals surface area (Å²) in [6.07, 6.45) is 0. The first-order chi connectivity index (χ1) is 0. The summed E-state index contributed by atoms with van der Waals surface area (Å²) < 4.78 is 0. The van der Waals surface area contributed by atoms with E-state index in [0.29, 0.717) is 0 Å². The minimum Gasteiger partial charge on any atom is -2.00 e. The second-order valence-electron chi connectivity index (χ2n) is 0. The van der Waals surface area contributed by atoms with Crippen molar-refractivity contribution in [2.45, 2.75) is 0 Å². The van der Waals surface area contributed by atoms with Crippen molar-refractivity contribution in [2.75, 3.05) is 0 Å². The molecular weight excluding hydrogens is 3090 g/mol. The fraction of sp³-hybridized carbons (Fsp3) is 0. The molecule has 0 aliphatic carbocycles. The van der Waals surface area contributed by atoms with Gasteiger partial charge in [-0.3, -0.25) is 0 Å². The molecule has 0 saturated heterocycles. The first-order valence-electron chi connectivity index (χ1n) is 0. The van der Waals surface area contributed by atoms with Gasteiger partial charge in [-0.2, -0.15) is 0 Å². The molecule has 0 aliphatic rings. The molecule has 0 saturated carbocycles. The van der Waals surface area contributed by atoms with Gasteiger partial charge in [-0.25, -0.2) is 0 Å². The Bertz CT molecular complexity index is 94.8. The molecule has 0 spiro atoms. The van der Waals surface area contributed by atoms with Crippen molar-refractivity contribution in [3.8, 4) is 0 Å². The zero-order chi connectivity index (χ0) is 0. The van der Waals surface area contributed by atoms with Crippen molar-refractivity contribution in [1.82, 2.24) is 0 Å². The predicted octanol–water partition coefficient (Wildman–Crippen LogP) is -6.05. The van der Waals surface area contributed by atoms with E-state index >= 15 is 0 Å². The predicted molar refractivity (Wildman–Crippen MR) is 34.3 cm³/mol. The number of hydrogen-bond acceptors (Lipinski definition) is 0. The van der Waals surface area contributed by atoms with Crippen LogP contribution in [-0.4, -0.2) is 0 Å². The van der Waals surface area contributed by atoms with Gasteiger partial charge in [0.1, 0.15) is 0 Å². The molecule has 0 aromatic carbocycles. The molecule has 0 unspecified atom stereocenters. The Labute approximate surface area is 1090 Å². The second-order valence-corrected chi connectivity index (χ2v) is 0. The molecule has 95 heteroatoms. The van der Waals surface area contributed by atoms with Crippen LogP contribution in [0.15, 0.2) is 0 Å². The monoisotopic (exact) mass is 3090 g/mol. The standard InChI is InChI=1S/50O.45V/q50*-2;;;;;;;;;;;;;;;;;;;;;;;;;;;;;;;;;;;;;;;;;;;;;. The maximum atomic E-state index is 0. The third kappa shape index (κ3) is 2710. The molecule has 45 radical (unpaired) electrons. The van der Waals surface area contributed by atoms with Gasteiger partial charge in [0, 0.05) is 835 Å². The number of hydrogen-bond donors (Lipinski definition) is 0. The van der Waals surface area contributed by atoms with Crippen LogP contribution in [0.1, 0.15) is 0 Å². The van der Waals surface area contributed by atoms with Crippen LogP contribution in [0.3, 0.4) is 0 Å². The van der Waals surface area contributed by atoms with Crippen LogP contribution < -0.4 is 0 Å².